The Labute approximate surface area is 140 Å². The maximum Gasteiger partial charge on any atom is 0.223 e. The van der Waals surface area contributed by atoms with Gasteiger partial charge in [0, 0.05) is 31.8 Å². The average Bonchev–Trinajstić information content (AvgIpc) is 3.02. The van der Waals surface area contributed by atoms with E-state index in [0.29, 0.717) is 41.5 Å². The predicted octanol–water partition coefficient (Wildman–Crippen LogP) is 1.59. The molecule has 0 saturated carbocycles. The average molecular weight is 335 g/mol. The molecule has 2 aromatic rings. The van der Waals surface area contributed by atoms with Gasteiger partial charge in [0.25, 0.3) is 0 Å². The lowest BCUT2D eigenvalue weighted by atomic mass is 10.2. The number of nitrogens with zero attached hydrogens (tertiary/aromatic N) is 3. The highest BCUT2D eigenvalue weighted by Crippen LogP contribution is 2.39. The van der Waals surface area contributed by atoms with Gasteiger partial charge in [-0.05, 0) is 0 Å². The van der Waals surface area contributed by atoms with Crippen molar-refractivity contribution in [3.8, 4) is 17.2 Å². The fourth-order valence-electron chi connectivity index (χ4n) is 2.05. The number of rotatable bonds is 6. The van der Waals surface area contributed by atoms with Crippen molar-refractivity contribution in [3.63, 3.8) is 0 Å². The minimum atomic E-state index is 0.376. The monoisotopic (exact) mass is 335 g/mol. The molecule has 24 heavy (non-hydrogen) atoms. The van der Waals surface area contributed by atoms with Gasteiger partial charge in [0.15, 0.2) is 23.3 Å². The van der Waals surface area contributed by atoms with Crippen molar-refractivity contribution in [1.29, 1.82) is 0 Å². The molecule has 0 atom stereocenters. The molecular weight excluding hydrogens is 314 g/mol. The summed E-state index contributed by atoms with van der Waals surface area (Å²) in [6, 6.07) is 3.57. The van der Waals surface area contributed by atoms with Crippen LogP contribution in [0.15, 0.2) is 21.6 Å². The van der Waals surface area contributed by atoms with E-state index >= 15 is 0 Å². The lowest BCUT2D eigenvalue weighted by Crippen LogP contribution is -2.30. The van der Waals surface area contributed by atoms with E-state index in [1.54, 1.807) is 47.4 Å². The summed E-state index contributed by atoms with van der Waals surface area (Å²) < 4.78 is 20.9. The molecule has 0 amide bonds. The predicted molar refractivity (Wildman–Crippen MR) is 89.0 cm³/mol. The van der Waals surface area contributed by atoms with Crippen LogP contribution in [0.4, 0.5) is 5.69 Å². The molecule has 0 unspecified atom stereocenters. The Kier molecular flexibility index (Phi) is 5.83. The standard InChI is InChI=1S/C15H21N5O4/c1-9-18-13(20-24-9)8-17-15(16-2)19-10-6-11(21-3)14(23-5)12(7-10)22-4/h6-7H,8H2,1-5H3,(H2,16,17,19). The minimum Gasteiger partial charge on any atom is -0.493 e. The Balaban J connectivity index is 2.12. The Bertz CT molecular complexity index is 689. The van der Waals surface area contributed by atoms with E-state index in [-0.39, 0.29) is 0 Å². The van der Waals surface area contributed by atoms with Crippen LogP contribution in [0.2, 0.25) is 0 Å². The molecule has 1 aromatic carbocycles. The summed E-state index contributed by atoms with van der Waals surface area (Å²) in [5.74, 6) is 3.20. The largest absolute Gasteiger partial charge is 0.493 e. The third-order valence-corrected chi connectivity index (χ3v) is 3.13. The number of methoxy groups -OCH3 is 3. The molecule has 0 aliphatic rings. The molecule has 0 saturated heterocycles. The topological polar surface area (TPSA) is 103 Å². The molecule has 0 aliphatic carbocycles. The Morgan fingerprint density at radius 3 is 2.29 bits per heavy atom. The first-order valence-electron chi connectivity index (χ1n) is 7.18. The van der Waals surface area contributed by atoms with E-state index in [1.807, 2.05) is 0 Å². The van der Waals surface area contributed by atoms with Crippen LogP contribution < -0.4 is 24.8 Å². The Morgan fingerprint density at radius 1 is 1.17 bits per heavy atom. The second kappa shape index (κ2) is 8.04. The van der Waals surface area contributed by atoms with E-state index in [2.05, 4.69) is 25.8 Å². The Morgan fingerprint density at radius 2 is 1.83 bits per heavy atom. The number of benzene rings is 1. The van der Waals surface area contributed by atoms with Crippen LogP contribution in [0.25, 0.3) is 0 Å². The van der Waals surface area contributed by atoms with E-state index in [1.165, 1.54) is 0 Å². The van der Waals surface area contributed by atoms with Crippen molar-refractivity contribution in [1.82, 2.24) is 15.5 Å². The maximum atomic E-state index is 5.33. The molecule has 130 valence electrons. The quantitative estimate of drug-likeness (QED) is 0.606. The molecule has 0 radical (unpaired) electrons. The van der Waals surface area contributed by atoms with Gasteiger partial charge in [-0.1, -0.05) is 5.16 Å². The van der Waals surface area contributed by atoms with Gasteiger partial charge >= 0.3 is 0 Å². The number of hydrogen-bond donors (Lipinski definition) is 2. The molecule has 0 bridgehead atoms. The number of anilines is 1. The second-order valence-corrected chi connectivity index (χ2v) is 4.69. The summed E-state index contributed by atoms with van der Waals surface area (Å²) in [5.41, 5.74) is 0.724. The zero-order valence-corrected chi connectivity index (χ0v) is 14.3. The number of aromatic nitrogens is 2. The molecule has 1 heterocycles. The lowest BCUT2D eigenvalue weighted by Gasteiger charge is -2.16. The zero-order chi connectivity index (χ0) is 17.5. The van der Waals surface area contributed by atoms with Crippen molar-refractivity contribution in [2.45, 2.75) is 13.5 Å². The van der Waals surface area contributed by atoms with E-state index in [4.69, 9.17) is 18.7 Å². The first-order chi connectivity index (χ1) is 11.6. The molecule has 2 N–H and O–H groups in total. The summed E-state index contributed by atoms with van der Waals surface area (Å²) in [6.07, 6.45) is 0. The summed E-state index contributed by atoms with van der Waals surface area (Å²) >= 11 is 0. The number of ether oxygens (including phenoxy) is 3. The minimum absolute atomic E-state index is 0.376. The van der Waals surface area contributed by atoms with E-state index in [0.717, 1.165) is 5.69 Å². The highest BCUT2D eigenvalue weighted by atomic mass is 16.5. The number of aryl methyl sites for hydroxylation is 1. The molecule has 0 aliphatic heterocycles. The first kappa shape index (κ1) is 17.4. The normalized spacial score (nSPS) is 11.1. The number of hydrogen-bond acceptors (Lipinski definition) is 7. The van der Waals surface area contributed by atoms with Crippen LogP contribution in [-0.4, -0.2) is 44.5 Å². The molecule has 1 aromatic heterocycles. The zero-order valence-electron chi connectivity index (χ0n) is 14.3. The second-order valence-electron chi connectivity index (χ2n) is 4.69. The fraction of sp³-hybridized carbons (Fsp3) is 0.400. The molecule has 0 fully saturated rings. The Hall–Kier alpha value is -2.97. The van der Waals surface area contributed by atoms with Gasteiger partial charge in [-0.25, -0.2) is 0 Å². The van der Waals surface area contributed by atoms with Crippen molar-refractivity contribution in [2.24, 2.45) is 4.99 Å². The fourth-order valence-corrected chi connectivity index (χ4v) is 2.05. The van der Waals surface area contributed by atoms with Gasteiger partial charge in [0.1, 0.15) is 0 Å². The van der Waals surface area contributed by atoms with Crippen LogP contribution in [0, 0.1) is 6.92 Å². The van der Waals surface area contributed by atoms with Crippen molar-refractivity contribution >= 4 is 11.6 Å². The summed E-state index contributed by atoms with van der Waals surface area (Å²) in [5, 5.41) is 10.1. The third kappa shape index (κ3) is 4.06. The SMILES string of the molecule is CN=C(NCc1noc(C)n1)Nc1cc(OC)c(OC)c(OC)c1. The van der Waals surface area contributed by atoms with Gasteiger partial charge in [0.2, 0.25) is 11.6 Å². The molecule has 0 spiro atoms. The number of aliphatic imine (C=N–C) groups is 1. The van der Waals surface area contributed by atoms with Crippen LogP contribution in [0.1, 0.15) is 11.7 Å². The van der Waals surface area contributed by atoms with Crippen LogP contribution >= 0.6 is 0 Å². The summed E-state index contributed by atoms with van der Waals surface area (Å²) in [4.78, 5) is 8.28. The van der Waals surface area contributed by atoms with Gasteiger partial charge in [-0.15, -0.1) is 0 Å². The van der Waals surface area contributed by atoms with Crippen LogP contribution in [0.5, 0.6) is 17.2 Å². The van der Waals surface area contributed by atoms with Crippen molar-refractivity contribution in [3.05, 3.63) is 23.8 Å². The number of guanidine groups is 1. The van der Waals surface area contributed by atoms with Crippen LogP contribution in [-0.2, 0) is 6.54 Å². The van der Waals surface area contributed by atoms with Gasteiger partial charge < -0.3 is 29.4 Å². The highest BCUT2D eigenvalue weighted by molar-refractivity contribution is 5.94. The molecule has 9 nitrogen and oxygen atoms in total. The van der Waals surface area contributed by atoms with Crippen molar-refractivity contribution in [2.75, 3.05) is 33.7 Å². The summed E-state index contributed by atoms with van der Waals surface area (Å²) in [7, 11) is 6.34. The number of nitrogens with one attached hydrogen (secondary N) is 2. The molecule has 9 heteroatoms. The molecule has 2 rings (SSSR count). The molecular formula is C15H21N5O4. The highest BCUT2D eigenvalue weighted by Gasteiger charge is 2.14. The lowest BCUT2D eigenvalue weighted by molar-refractivity contribution is 0.324. The van der Waals surface area contributed by atoms with Gasteiger partial charge in [-0.2, -0.15) is 4.98 Å². The first-order valence-corrected chi connectivity index (χ1v) is 7.18. The summed E-state index contributed by atoms with van der Waals surface area (Å²) in [6.45, 7) is 2.11. The maximum absolute atomic E-state index is 5.33. The van der Waals surface area contributed by atoms with Gasteiger partial charge in [-0.3, -0.25) is 4.99 Å². The van der Waals surface area contributed by atoms with E-state index < -0.39 is 0 Å². The van der Waals surface area contributed by atoms with Gasteiger partial charge in [0.05, 0.1) is 27.9 Å². The smallest absolute Gasteiger partial charge is 0.223 e. The van der Waals surface area contributed by atoms with E-state index in [9.17, 15) is 0 Å². The van der Waals surface area contributed by atoms with Crippen molar-refractivity contribution < 1.29 is 18.7 Å². The van der Waals surface area contributed by atoms with Crippen LogP contribution in [0.3, 0.4) is 0 Å². The third-order valence-electron chi connectivity index (χ3n) is 3.13.